The van der Waals surface area contributed by atoms with Crippen molar-refractivity contribution in [2.75, 3.05) is 13.1 Å². The molecule has 2 heterocycles. The van der Waals surface area contributed by atoms with Crippen molar-refractivity contribution in [2.45, 2.75) is 90.9 Å². The number of carbonyl (C=O) groups is 4. The Kier molecular flexibility index (Phi) is 9.08. The summed E-state index contributed by atoms with van der Waals surface area (Å²) in [6, 6.07) is 10.7. The van der Waals surface area contributed by atoms with E-state index >= 15 is 0 Å². The molecule has 0 aliphatic carbocycles. The SMILES string of the molecule is CCCCCCCCN1C(=O)c2ccc3c4c(Cl)cc5c6c(cc(Cl)c(c7ccc(c2c37)C1=O)c64)C(=O)N(CCCCCCCC)C5=O. The van der Waals surface area contributed by atoms with Crippen molar-refractivity contribution < 1.29 is 19.2 Å². The molecule has 7 rings (SSSR count). The van der Waals surface area contributed by atoms with Gasteiger partial charge in [0.15, 0.2) is 0 Å². The number of rotatable bonds is 14. The molecule has 2 aliphatic rings. The second kappa shape index (κ2) is 13.3. The first-order valence-corrected chi connectivity index (χ1v) is 18.4. The van der Waals surface area contributed by atoms with Crippen LogP contribution in [0, 0.1) is 0 Å². The van der Waals surface area contributed by atoms with Crippen LogP contribution in [0.5, 0.6) is 0 Å². The highest BCUT2D eigenvalue weighted by molar-refractivity contribution is 6.51. The summed E-state index contributed by atoms with van der Waals surface area (Å²) in [4.78, 5) is 58.2. The lowest BCUT2D eigenvalue weighted by molar-refractivity contribution is 0.0592. The largest absolute Gasteiger partial charge is 0.274 e. The Balaban J connectivity index is 1.33. The zero-order chi connectivity index (χ0) is 33.7. The van der Waals surface area contributed by atoms with Crippen molar-refractivity contribution in [3.05, 3.63) is 68.7 Å². The van der Waals surface area contributed by atoms with Gasteiger partial charge in [-0.05, 0) is 53.3 Å². The lowest BCUT2D eigenvalue weighted by Crippen LogP contribution is -2.41. The van der Waals surface area contributed by atoms with E-state index in [1.54, 1.807) is 24.3 Å². The molecule has 0 N–H and O–H groups in total. The highest BCUT2D eigenvalue weighted by Crippen LogP contribution is 2.50. The van der Waals surface area contributed by atoms with Gasteiger partial charge in [0, 0.05) is 61.2 Å². The van der Waals surface area contributed by atoms with Crippen LogP contribution in [0.25, 0.3) is 43.1 Å². The zero-order valence-electron chi connectivity index (χ0n) is 27.6. The minimum absolute atomic E-state index is 0.292. The first-order valence-electron chi connectivity index (χ1n) is 17.6. The van der Waals surface area contributed by atoms with Gasteiger partial charge in [0.25, 0.3) is 23.6 Å². The molecule has 0 saturated heterocycles. The fourth-order valence-corrected chi connectivity index (χ4v) is 8.59. The molecule has 0 unspecified atom stereocenters. The smallest absolute Gasteiger partial charge is 0.261 e. The molecule has 4 amide bonds. The third-order valence-corrected chi connectivity index (χ3v) is 11.0. The van der Waals surface area contributed by atoms with Crippen LogP contribution in [0.1, 0.15) is 132 Å². The minimum Gasteiger partial charge on any atom is -0.274 e. The summed E-state index contributed by atoms with van der Waals surface area (Å²) in [5.74, 6) is -1.28. The van der Waals surface area contributed by atoms with E-state index in [4.69, 9.17) is 23.2 Å². The molecule has 6 nitrogen and oxygen atoms in total. The van der Waals surface area contributed by atoms with Crippen molar-refractivity contribution in [3.63, 3.8) is 0 Å². The van der Waals surface area contributed by atoms with Crippen LogP contribution < -0.4 is 0 Å². The Bertz CT molecular complexity index is 2010. The quantitative estimate of drug-likeness (QED) is 0.0505. The van der Waals surface area contributed by atoms with E-state index in [9.17, 15) is 19.2 Å². The minimum atomic E-state index is -0.347. The predicted molar refractivity (Wildman–Crippen MR) is 195 cm³/mol. The van der Waals surface area contributed by atoms with Crippen molar-refractivity contribution in [1.29, 1.82) is 0 Å². The normalized spacial score (nSPS) is 14.7. The third-order valence-electron chi connectivity index (χ3n) is 10.4. The van der Waals surface area contributed by atoms with Gasteiger partial charge in [-0.1, -0.05) is 113 Å². The van der Waals surface area contributed by atoms with Crippen LogP contribution in [0.2, 0.25) is 10.0 Å². The average molecular weight is 684 g/mol. The number of hydrogen-bond acceptors (Lipinski definition) is 4. The fraction of sp³-hybridized carbons (Fsp3) is 0.400. The summed E-state index contributed by atoms with van der Waals surface area (Å²) in [5.41, 5.74) is 1.74. The maximum absolute atomic E-state index is 13.9. The van der Waals surface area contributed by atoms with Gasteiger partial charge >= 0.3 is 0 Å². The molecule has 0 radical (unpaired) electrons. The number of imide groups is 2. The van der Waals surface area contributed by atoms with Crippen molar-refractivity contribution in [2.24, 2.45) is 0 Å². The van der Waals surface area contributed by atoms with Crippen LogP contribution in [-0.2, 0) is 0 Å². The molecule has 0 spiro atoms. The Labute approximate surface area is 290 Å². The molecular formula is C40H40Cl2N2O4. The highest BCUT2D eigenvalue weighted by Gasteiger charge is 2.38. The number of fused-ring (bicyclic) bond motifs is 2. The molecule has 248 valence electrons. The Morgan fingerprint density at radius 2 is 0.812 bits per heavy atom. The maximum Gasteiger partial charge on any atom is 0.261 e. The zero-order valence-corrected chi connectivity index (χ0v) is 29.2. The van der Waals surface area contributed by atoms with Crippen LogP contribution >= 0.6 is 23.2 Å². The number of halogens is 2. The molecule has 0 aromatic heterocycles. The molecule has 2 aliphatic heterocycles. The number of benzene rings is 5. The summed E-state index contributed by atoms with van der Waals surface area (Å²) >= 11 is 14.1. The lowest BCUT2D eigenvalue weighted by atomic mass is 9.82. The number of unbranched alkanes of at least 4 members (excludes halogenated alkanes) is 10. The molecule has 0 atom stereocenters. The number of hydrogen-bond donors (Lipinski definition) is 0. The van der Waals surface area contributed by atoms with Gasteiger partial charge in [0.1, 0.15) is 0 Å². The number of amides is 4. The monoisotopic (exact) mass is 682 g/mol. The van der Waals surface area contributed by atoms with Gasteiger partial charge in [0.05, 0.1) is 11.1 Å². The molecule has 5 aromatic carbocycles. The van der Waals surface area contributed by atoms with Gasteiger partial charge in [-0.3, -0.25) is 29.0 Å². The first kappa shape index (κ1) is 32.8. The second-order valence-corrected chi connectivity index (χ2v) is 14.3. The molecular weight excluding hydrogens is 643 g/mol. The number of nitrogens with zero attached hydrogens (tertiary/aromatic N) is 2. The topological polar surface area (TPSA) is 74.8 Å². The van der Waals surface area contributed by atoms with Crippen LogP contribution in [-0.4, -0.2) is 46.5 Å². The Morgan fingerprint density at radius 1 is 0.438 bits per heavy atom. The van der Waals surface area contributed by atoms with Gasteiger partial charge in [-0.15, -0.1) is 0 Å². The first-order chi connectivity index (χ1) is 23.3. The summed E-state index contributed by atoms with van der Waals surface area (Å²) in [7, 11) is 0. The Morgan fingerprint density at radius 3 is 1.25 bits per heavy atom. The molecule has 48 heavy (non-hydrogen) atoms. The van der Waals surface area contributed by atoms with Gasteiger partial charge in [0.2, 0.25) is 0 Å². The van der Waals surface area contributed by atoms with Gasteiger partial charge < -0.3 is 0 Å². The predicted octanol–water partition coefficient (Wildman–Crippen LogP) is 11.0. The van der Waals surface area contributed by atoms with E-state index < -0.39 is 0 Å². The second-order valence-electron chi connectivity index (χ2n) is 13.4. The molecule has 0 fully saturated rings. The number of carbonyl (C=O) groups excluding carboxylic acids is 4. The van der Waals surface area contributed by atoms with E-state index in [-0.39, 0.29) is 23.6 Å². The van der Waals surface area contributed by atoms with Crippen LogP contribution in [0.15, 0.2) is 36.4 Å². The third kappa shape index (κ3) is 5.14. The van der Waals surface area contributed by atoms with Crippen molar-refractivity contribution >= 4 is 89.9 Å². The highest BCUT2D eigenvalue weighted by atomic mass is 35.5. The summed E-state index contributed by atoms with van der Waals surface area (Å²) < 4.78 is 0. The molecule has 8 heteroatoms. The Hall–Kier alpha value is -3.74. The summed E-state index contributed by atoms with van der Waals surface area (Å²) in [5, 5.41) is 6.09. The van der Waals surface area contributed by atoms with E-state index in [2.05, 4.69) is 13.8 Å². The maximum atomic E-state index is 13.9. The molecule has 0 saturated carbocycles. The van der Waals surface area contributed by atoms with E-state index in [1.165, 1.54) is 29.1 Å². The summed E-state index contributed by atoms with van der Waals surface area (Å²) in [6.07, 6.45) is 12.6. The van der Waals surface area contributed by atoms with Gasteiger partial charge in [-0.25, -0.2) is 0 Å². The van der Waals surface area contributed by atoms with Crippen LogP contribution in [0.4, 0.5) is 0 Å². The molecule has 0 bridgehead atoms. The summed E-state index contributed by atoms with van der Waals surface area (Å²) in [6.45, 7) is 5.08. The molecule has 5 aromatic rings. The van der Waals surface area contributed by atoms with E-state index in [0.29, 0.717) is 72.3 Å². The van der Waals surface area contributed by atoms with Crippen molar-refractivity contribution in [3.8, 4) is 0 Å². The standard InChI is InChI=1S/C40H40Cl2N2O4/c1-3-5-7-9-11-13-19-43-37(45)25-17-15-23-31-24(16-18-26(32(25)31)38(43)46)35-30(42)22-28-33-27(21-29(41)34(23)36(33)35)39(47)44(40(28)48)20-14-12-10-8-6-4-2/h15-18,21-22H,3-14,19-20H2,1-2H3. The van der Waals surface area contributed by atoms with Gasteiger partial charge in [-0.2, -0.15) is 0 Å². The fourth-order valence-electron chi connectivity index (χ4n) is 7.98. The van der Waals surface area contributed by atoms with Crippen molar-refractivity contribution in [1.82, 2.24) is 9.80 Å². The average Bonchev–Trinajstić information content (AvgIpc) is 3.08. The van der Waals surface area contributed by atoms with Crippen LogP contribution in [0.3, 0.4) is 0 Å². The van der Waals surface area contributed by atoms with E-state index in [0.717, 1.165) is 73.9 Å². The lowest BCUT2D eigenvalue weighted by Gasteiger charge is -2.31. The van der Waals surface area contributed by atoms with E-state index in [1.807, 2.05) is 12.1 Å².